The molecule has 0 fully saturated rings. The number of hydrogen-bond acceptors (Lipinski definition) is 7. The van der Waals surface area contributed by atoms with Gasteiger partial charge in [0.05, 0.1) is 11.7 Å². The normalized spacial score (nSPS) is 12.2. The van der Waals surface area contributed by atoms with Crippen LogP contribution in [-0.2, 0) is 22.6 Å². The summed E-state index contributed by atoms with van der Waals surface area (Å²) in [6.45, 7) is 2.57. The highest BCUT2D eigenvalue weighted by Gasteiger charge is 2.37. The molecule has 2 rings (SSSR count). The van der Waals surface area contributed by atoms with Gasteiger partial charge in [0.25, 0.3) is 0 Å². The number of carbonyl (C=O) groups is 2. The van der Waals surface area contributed by atoms with E-state index in [2.05, 4.69) is 17.2 Å². The van der Waals surface area contributed by atoms with Gasteiger partial charge in [-0.15, -0.1) is 0 Å². The van der Waals surface area contributed by atoms with Gasteiger partial charge in [-0.25, -0.2) is 0 Å². The second-order valence-corrected chi connectivity index (χ2v) is 12.6. The van der Waals surface area contributed by atoms with Gasteiger partial charge in [-0.3, -0.25) is 14.6 Å². The summed E-state index contributed by atoms with van der Waals surface area (Å²) >= 11 is 0. The molecule has 0 bridgehead atoms. The minimum atomic E-state index is -4.30. The average Bonchev–Trinajstić information content (AvgIpc) is 2.94. The van der Waals surface area contributed by atoms with E-state index in [0.717, 1.165) is 30.5 Å². The Morgan fingerprint density at radius 2 is 1.41 bits per heavy atom. The van der Waals surface area contributed by atoms with Crippen molar-refractivity contribution < 1.29 is 29.0 Å². The Morgan fingerprint density at radius 1 is 0.829 bits per heavy atom. The lowest BCUT2D eigenvalue weighted by Gasteiger charge is -2.18. The minimum absolute atomic E-state index is 0.170. The lowest BCUT2D eigenvalue weighted by atomic mass is 10.0. The minimum Gasteiger partial charge on any atom is -0.487 e. The molecule has 0 saturated carbocycles. The number of rotatable bonds is 23. The number of carbonyl (C=O) groups excluding carboxylic acids is 2. The molecule has 0 radical (unpaired) electrons. The third kappa shape index (κ3) is 17.2. The molecule has 0 spiro atoms. The van der Waals surface area contributed by atoms with Crippen LogP contribution in [0.3, 0.4) is 0 Å². The van der Waals surface area contributed by atoms with E-state index in [1.54, 1.807) is 30.5 Å². The van der Waals surface area contributed by atoms with Gasteiger partial charge in [0.1, 0.15) is 12.4 Å². The Hall–Kier alpha value is -2.38. The summed E-state index contributed by atoms with van der Waals surface area (Å²) in [5.41, 5.74) is 1.57. The summed E-state index contributed by atoms with van der Waals surface area (Å²) in [6.07, 6.45) is 17.2. The monoisotopic (exact) mass is 589 g/mol. The highest BCUT2D eigenvalue weighted by Crippen LogP contribution is 2.44. The fourth-order valence-corrected chi connectivity index (χ4v) is 5.37. The second-order valence-electron chi connectivity index (χ2n) is 10.9. The topological polar surface area (TPSA) is 129 Å². The summed E-state index contributed by atoms with van der Waals surface area (Å²) < 4.78 is 5.75. The van der Waals surface area contributed by atoms with E-state index in [0.29, 0.717) is 18.8 Å². The molecule has 0 aliphatic carbocycles. The van der Waals surface area contributed by atoms with Crippen molar-refractivity contribution in [3.8, 4) is 5.75 Å². The largest absolute Gasteiger partial charge is 0.487 e. The van der Waals surface area contributed by atoms with Gasteiger partial charge in [-0.1, -0.05) is 102 Å². The molecule has 41 heavy (non-hydrogen) atoms. The number of aromatic nitrogens is 1. The second kappa shape index (κ2) is 20.5. The first-order valence-electron chi connectivity index (χ1n) is 15.3. The highest BCUT2D eigenvalue weighted by molar-refractivity contribution is 7.59. The van der Waals surface area contributed by atoms with Crippen molar-refractivity contribution in [2.75, 3.05) is 6.16 Å². The number of pyridine rings is 1. The van der Waals surface area contributed by atoms with Crippen LogP contribution in [0.15, 0.2) is 48.7 Å². The molecule has 0 aliphatic heterocycles. The Balaban J connectivity index is 1.71. The van der Waals surface area contributed by atoms with Gasteiger partial charge in [0, 0.05) is 12.6 Å². The molecule has 1 aromatic heterocycles. The number of unbranched alkanes of at least 4 members (excludes halogenated alkanes) is 12. The summed E-state index contributed by atoms with van der Waals surface area (Å²) in [4.78, 5) is 57.8. The molecule has 0 aliphatic rings. The Labute approximate surface area is 246 Å². The molecule has 9 heteroatoms. The van der Waals surface area contributed by atoms with E-state index in [-0.39, 0.29) is 12.3 Å². The quantitative estimate of drug-likeness (QED) is 0.0863. The first-order valence-corrected chi connectivity index (χ1v) is 17.1. The maximum atomic E-state index is 12.7. The number of nitrogens with zero attached hydrogens (tertiary/aromatic N) is 1. The van der Waals surface area contributed by atoms with Crippen molar-refractivity contribution in [3.05, 3.63) is 59.9 Å². The number of ketones is 1. The zero-order chi connectivity index (χ0) is 29.8. The molecule has 0 unspecified atom stereocenters. The average molecular weight is 590 g/mol. The van der Waals surface area contributed by atoms with Crippen molar-refractivity contribution in [1.82, 2.24) is 10.3 Å². The molecular formula is C32H50N2O6P+. The van der Waals surface area contributed by atoms with E-state index in [1.807, 2.05) is 18.2 Å². The number of ether oxygens (including phenoxy) is 1. The van der Waals surface area contributed by atoms with Crippen LogP contribution in [0.25, 0.3) is 0 Å². The molecule has 1 aromatic carbocycles. The SMILES string of the molecule is CCCCCCCCCCCCCCCC(=O)N[C@@H](Cc1ccc(OCc2ccccn2)cc1)C(=O)C[P+](O)(O)O. The number of nitrogens with one attached hydrogen (secondary N) is 1. The first kappa shape index (κ1) is 34.8. The van der Waals surface area contributed by atoms with Gasteiger partial charge < -0.3 is 10.1 Å². The molecule has 1 atom stereocenters. The molecule has 0 saturated heterocycles. The van der Waals surface area contributed by atoms with E-state index < -0.39 is 25.9 Å². The molecule has 4 N–H and O–H groups in total. The molecule has 1 heterocycles. The van der Waals surface area contributed by atoms with Crippen molar-refractivity contribution in [2.24, 2.45) is 0 Å². The molecule has 2 aromatic rings. The van der Waals surface area contributed by atoms with Crippen LogP contribution in [0.5, 0.6) is 5.75 Å². The zero-order valence-corrected chi connectivity index (χ0v) is 25.6. The number of benzene rings is 1. The summed E-state index contributed by atoms with van der Waals surface area (Å²) in [7, 11) is -4.30. The Morgan fingerprint density at radius 3 is 1.95 bits per heavy atom. The van der Waals surface area contributed by atoms with Gasteiger partial charge in [-0.05, 0) is 42.7 Å². The van der Waals surface area contributed by atoms with Crippen molar-refractivity contribution in [2.45, 2.75) is 116 Å². The number of hydrogen-bond donors (Lipinski definition) is 4. The van der Waals surface area contributed by atoms with Crippen molar-refractivity contribution >= 4 is 19.6 Å². The van der Waals surface area contributed by atoms with Crippen LogP contribution in [0.2, 0.25) is 0 Å². The lowest BCUT2D eigenvalue weighted by molar-refractivity contribution is -0.126. The third-order valence-electron chi connectivity index (χ3n) is 7.08. The smallest absolute Gasteiger partial charge is 0.411 e. The third-order valence-corrected chi connectivity index (χ3v) is 7.81. The van der Waals surface area contributed by atoms with Crippen LogP contribution in [0, 0.1) is 0 Å². The lowest BCUT2D eigenvalue weighted by Crippen LogP contribution is -2.43. The molecule has 1 amide bonds. The predicted molar refractivity (Wildman–Crippen MR) is 164 cm³/mol. The fraction of sp³-hybridized carbons (Fsp3) is 0.594. The number of amides is 1. The van der Waals surface area contributed by atoms with E-state index in [1.165, 1.54) is 64.2 Å². The van der Waals surface area contributed by atoms with Crippen LogP contribution in [-0.4, -0.2) is 43.6 Å². The summed E-state index contributed by atoms with van der Waals surface area (Å²) in [6, 6.07) is 11.8. The van der Waals surface area contributed by atoms with Gasteiger partial charge in [0.2, 0.25) is 11.7 Å². The highest BCUT2D eigenvalue weighted by atomic mass is 31.2. The molecule has 8 nitrogen and oxygen atoms in total. The summed E-state index contributed by atoms with van der Waals surface area (Å²) in [5, 5.41) is 2.75. The summed E-state index contributed by atoms with van der Waals surface area (Å²) in [5.74, 6) is -0.223. The maximum Gasteiger partial charge on any atom is 0.411 e. The van der Waals surface area contributed by atoms with Gasteiger partial charge in [-0.2, -0.15) is 14.7 Å². The molecule has 228 valence electrons. The van der Waals surface area contributed by atoms with E-state index in [4.69, 9.17) is 4.74 Å². The van der Waals surface area contributed by atoms with Crippen molar-refractivity contribution in [1.29, 1.82) is 0 Å². The van der Waals surface area contributed by atoms with Crippen LogP contribution in [0.1, 0.15) is 108 Å². The Bertz CT molecular complexity index is 982. The first-order chi connectivity index (χ1) is 19.8. The van der Waals surface area contributed by atoms with Crippen LogP contribution in [0.4, 0.5) is 0 Å². The standard InChI is InChI=1S/C32H49N2O6P/c1-2-3-4-5-6-7-8-9-10-11-12-13-14-18-32(36)34-30(31(35)26-41(37,38)39)24-27-19-21-29(22-20-27)40-25-28-17-15-16-23-33-28/h15-17,19-23,30,37-39H,2-14,18,24-26H2,1H3/p+1/t30-/m0/s1. The molecular weight excluding hydrogens is 539 g/mol. The van der Waals surface area contributed by atoms with Crippen LogP contribution >= 0.6 is 7.94 Å². The number of Topliss-reactive ketones (excluding diaryl/α,β-unsaturated/α-hetero) is 1. The van der Waals surface area contributed by atoms with Gasteiger partial charge in [0.15, 0.2) is 6.16 Å². The maximum absolute atomic E-state index is 12.7. The van der Waals surface area contributed by atoms with Crippen molar-refractivity contribution in [3.63, 3.8) is 0 Å². The Kier molecular flexibility index (Phi) is 17.4. The van der Waals surface area contributed by atoms with E-state index in [9.17, 15) is 24.3 Å². The predicted octanol–water partition coefficient (Wildman–Crippen LogP) is 6.48. The zero-order valence-electron chi connectivity index (χ0n) is 24.7. The van der Waals surface area contributed by atoms with E-state index >= 15 is 0 Å². The van der Waals surface area contributed by atoms with Gasteiger partial charge >= 0.3 is 7.94 Å². The fourth-order valence-electron chi connectivity index (χ4n) is 4.73. The van der Waals surface area contributed by atoms with Crippen LogP contribution < -0.4 is 10.1 Å².